The summed E-state index contributed by atoms with van der Waals surface area (Å²) in [4.78, 5) is 4.16. The molecule has 0 amide bonds. The minimum atomic E-state index is 0.100. The van der Waals surface area contributed by atoms with Gasteiger partial charge in [0.15, 0.2) is 0 Å². The van der Waals surface area contributed by atoms with Crippen LogP contribution in [0.4, 0.5) is 0 Å². The van der Waals surface area contributed by atoms with Gasteiger partial charge in [0.2, 0.25) is 0 Å². The Hall–Kier alpha value is -0.810. The Kier molecular flexibility index (Phi) is 2.67. The van der Waals surface area contributed by atoms with Crippen molar-refractivity contribution in [2.75, 3.05) is 0 Å². The molecule has 0 N–H and O–H groups in total. The molecule has 0 aliphatic heterocycles. The normalized spacial score (nSPS) is 12.1. The first-order valence-electron chi connectivity index (χ1n) is 3.31. The molecule has 1 unspecified atom stereocenters. The molecular formula is C9H8BrN. The highest BCUT2D eigenvalue weighted by molar-refractivity contribution is 9.10. The standard InChI is InChI=1S/C9H8BrN/c1-3-7(2)9-5-4-8(10)6-11-9/h1,4-7H,2H3. The van der Waals surface area contributed by atoms with E-state index in [9.17, 15) is 0 Å². The monoisotopic (exact) mass is 209 g/mol. The van der Waals surface area contributed by atoms with Crippen LogP contribution in [0.25, 0.3) is 0 Å². The molecule has 0 saturated heterocycles. The van der Waals surface area contributed by atoms with E-state index in [1.165, 1.54) is 0 Å². The number of nitrogens with zero attached hydrogens (tertiary/aromatic N) is 1. The number of hydrogen-bond acceptors (Lipinski definition) is 1. The molecule has 0 spiro atoms. The highest BCUT2D eigenvalue weighted by Gasteiger charge is 2.00. The van der Waals surface area contributed by atoms with Crippen molar-refractivity contribution in [3.05, 3.63) is 28.5 Å². The highest BCUT2D eigenvalue weighted by atomic mass is 79.9. The van der Waals surface area contributed by atoms with Crippen LogP contribution >= 0.6 is 15.9 Å². The Labute approximate surface area is 75.0 Å². The van der Waals surface area contributed by atoms with E-state index in [0.29, 0.717) is 0 Å². The van der Waals surface area contributed by atoms with Crippen LogP contribution in [0, 0.1) is 12.3 Å². The van der Waals surface area contributed by atoms with Gasteiger partial charge in [-0.25, -0.2) is 0 Å². The molecule has 0 fully saturated rings. The van der Waals surface area contributed by atoms with E-state index in [2.05, 4.69) is 26.8 Å². The second kappa shape index (κ2) is 3.54. The van der Waals surface area contributed by atoms with E-state index in [0.717, 1.165) is 10.2 Å². The van der Waals surface area contributed by atoms with E-state index in [4.69, 9.17) is 6.42 Å². The van der Waals surface area contributed by atoms with Gasteiger partial charge in [0.25, 0.3) is 0 Å². The van der Waals surface area contributed by atoms with Crippen LogP contribution in [0.5, 0.6) is 0 Å². The van der Waals surface area contributed by atoms with Crippen LogP contribution in [-0.2, 0) is 0 Å². The molecule has 1 heterocycles. The summed E-state index contributed by atoms with van der Waals surface area (Å²) in [5, 5.41) is 0. The van der Waals surface area contributed by atoms with E-state index in [1.807, 2.05) is 19.1 Å². The van der Waals surface area contributed by atoms with Gasteiger partial charge >= 0.3 is 0 Å². The molecule has 0 radical (unpaired) electrons. The highest BCUT2D eigenvalue weighted by Crippen LogP contribution is 2.13. The summed E-state index contributed by atoms with van der Waals surface area (Å²) in [6, 6.07) is 3.87. The lowest BCUT2D eigenvalue weighted by Gasteiger charge is -2.01. The predicted octanol–water partition coefficient (Wildman–Crippen LogP) is 2.58. The summed E-state index contributed by atoms with van der Waals surface area (Å²) in [7, 11) is 0. The van der Waals surface area contributed by atoms with Gasteiger partial charge in [0.05, 0.1) is 11.6 Å². The number of aromatic nitrogens is 1. The molecule has 0 saturated carbocycles. The van der Waals surface area contributed by atoms with Crippen molar-refractivity contribution >= 4 is 15.9 Å². The Morgan fingerprint density at radius 2 is 2.36 bits per heavy atom. The number of halogens is 1. The Balaban J connectivity index is 2.92. The second-order valence-corrected chi connectivity index (χ2v) is 3.21. The van der Waals surface area contributed by atoms with Gasteiger partial charge in [0, 0.05) is 10.7 Å². The van der Waals surface area contributed by atoms with Crippen molar-refractivity contribution in [3.63, 3.8) is 0 Å². The zero-order valence-electron chi connectivity index (χ0n) is 6.21. The molecule has 11 heavy (non-hydrogen) atoms. The van der Waals surface area contributed by atoms with E-state index >= 15 is 0 Å². The molecule has 1 nitrogen and oxygen atoms in total. The maximum absolute atomic E-state index is 5.24. The largest absolute Gasteiger partial charge is 0.259 e. The maximum atomic E-state index is 5.24. The molecule has 1 aromatic rings. The molecule has 1 rings (SSSR count). The van der Waals surface area contributed by atoms with Gasteiger partial charge in [-0.3, -0.25) is 4.98 Å². The summed E-state index contributed by atoms with van der Waals surface area (Å²) >= 11 is 3.30. The van der Waals surface area contributed by atoms with E-state index in [-0.39, 0.29) is 5.92 Å². The fraction of sp³-hybridized carbons (Fsp3) is 0.222. The lowest BCUT2D eigenvalue weighted by Crippen LogP contribution is -1.92. The molecule has 1 aromatic heterocycles. The van der Waals surface area contributed by atoms with Crippen molar-refractivity contribution < 1.29 is 0 Å². The fourth-order valence-electron chi connectivity index (χ4n) is 0.729. The lowest BCUT2D eigenvalue weighted by molar-refractivity contribution is 0.935. The second-order valence-electron chi connectivity index (χ2n) is 2.29. The minimum Gasteiger partial charge on any atom is -0.259 e. The molecule has 0 aromatic carbocycles. The molecule has 0 aliphatic carbocycles. The quantitative estimate of drug-likeness (QED) is 0.649. The maximum Gasteiger partial charge on any atom is 0.0594 e. The number of rotatable bonds is 1. The topological polar surface area (TPSA) is 12.9 Å². The third kappa shape index (κ3) is 2.06. The first-order valence-corrected chi connectivity index (χ1v) is 4.11. The van der Waals surface area contributed by atoms with Gasteiger partial charge in [-0.05, 0) is 35.0 Å². The van der Waals surface area contributed by atoms with Crippen LogP contribution in [-0.4, -0.2) is 4.98 Å². The average Bonchev–Trinajstić information content (AvgIpc) is 2.05. The van der Waals surface area contributed by atoms with Crippen molar-refractivity contribution in [2.45, 2.75) is 12.8 Å². The third-order valence-corrected chi connectivity index (χ3v) is 1.91. The minimum absolute atomic E-state index is 0.100. The van der Waals surface area contributed by atoms with Crippen LogP contribution in [0.15, 0.2) is 22.8 Å². The zero-order chi connectivity index (χ0) is 8.27. The first kappa shape index (κ1) is 8.29. The Morgan fingerprint density at radius 1 is 1.64 bits per heavy atom. The predicted molar refractivity (Wildman–Crippen MR) is 49.2 cm³/mol. The lowest BCUT2D eigenvalue weighted by atomic mass is 10.1. The van der Waals surface area contributed by atoms with Crippen LogP contribution < -0.4 is 0 Å². The summed E-state index contributed by atoms with van der Waals surface area (Å²) in [5.41, 5.74) is 0.940. The summed E-state index contributed by atoms with van der Waals surface area (Å²) < 4.78 is 0.977. The Morgan fingerprint density at radius 3 is 2.82 bits per heavy atom. The van der Waals surface area contributed by atoms with Crippen molar-refractivity contribution in [2.24, 2.45) is 0 Å². The fourth-order valence-corrected chi connectivity index (χ4v) is 0.963. The third-order valence-electron chi connectivity index (χ3n) is 1.44. The summed E-state index contributed by atoms with van der Waals surface area (Å²) in [6.07, 6.45) is 6.99. The molecule has 56 valence electrons. The van der Waals surface area contributed by atoms with Gasteiger partial charge in [-0.1, -0.05) is 5.92 Å². The zero-order valence-corrected chi connectivity index (χ0v) is 7.80. The van der Waals surface area contributed by atoms with Crippen LogP contribution in [0.3, 0.4) is 0 Å². The van der Waals surface area contributed by atoms with E-state index in [1.54, 1.807) is 6.20 Å². The summed E-state index contributed by atoms with van der Waals surface area (Å²) in [6.45, 7) is 1.95. The van der Waals surface area contributed by atoms with Gasteiger partial charge < -0.3 is 0 Å². The van der Waals surface area contributed by atoms with Gasteiger partial charge in [0.1, 0.15) is 0 Å². The Bertz CT molecular complexity index is 271. The average molecular weight is 210 g/mol. The number of terminal acetylenes is 1. The van der Waals surface area contributed by atoms with E-state index < -0.39 is 0 Å². The smallest absolute Gasteiger partial charge is 0.0594 e. The van der Waals surface area contributed by atoms with Crippen molar-refractivity contribution in [1.82, 2.24) is 4.98 Å². The first-order chi connectivity index (χ1) is 5.24. The van der Waals surface area contributed by atoms with Crippen molar-refractivity contribution in [1.29, 1.82) is 0 Å². The van der Waals surface area contributed by atoms with Crippen LogP contribution in [0.1, 0.15) is 18.5 Å². The van der Waals surface area contributed by atoms with Crippen molar-refractivity contribution in [3.8, 4) is 12.3 Å². The molecule has 2 heteroatoms. The molecule has 1 atom stereocenters. The molecule has 0 bridgehead atoms. The van der Waals surface area contributed by atoms with Gasteiger partial charge in [-0.15, -0.1) is 6.42 Å². The number of hydrogen-bond donors (Lipinski definition) is 0. The molecule has 0 aliphatic rings. The van der Waals surface area contributed by atoms with Gasteiger partial charge in [-0.2, -0.15) is 0 Å². The number of pyridine rings is 1. The molecular weight excluding hydrogens is 202 g/mol. The van der Waals surface area contributed by atoms with Crippen LogP contribution in [0.2, 0.25) is 0 Å². The SMILES string of the molecule is C#CC(C)c1ccc(Br)cn1. The summed E-state index contributed by atoms with van der Waals surface area (Å²) in [5.74, 6) is 2.72.